The number of nitrogens with zero attached hydrogens (tertiary/aromatic N) is 1. The van der Waals surface area contributed by atoms with Crippen LogP contribution in [0.15, 0.2) is 23.2 Å². The zero-order valence-corrected chi connectivity index (χ0v) is 16.6. The quantitative estimate of drug-likeness (QED) is 0.506. The summed E-state index contributed by atoms with van der Waals surface area (Å²) in [6.45, 7) is 2.30. The van der Waals surface area contributed by atoms with Crippen molar-refractivity contribution in [3.8, 4) is 11.5 Å². The molecule has 2 heterocycles. The molecule has 24 heavy (non-hydrogen) atoms. The molecule has 0 aromatic heterocycles. The number of methoxy groups -OCH3 is 1. The first-order chi connectivity index (χ1) is 11.7. The van der Waals surface area contributed by atoms with Gasteiger partial charge in [-0.25, -0.2) is 0 Å². The Morgan fingerprint density at radius 3 is 2.92 bits per heavy atom. The number of fused-ring (bicyclic) bond motifs is 3. The van der Waals surface area contributed by atoms with E-state index in [1.165, 1.54) is 11.1 Å². The Kier molecular flexibility index (Phi) is 4.71. The zero-order valence-electron chi connectivity index (χ0n) is 13.7. The maximum atomic E-state index is 6.87. The van der Waals surface area contributed by atoms with Gasteiger partial charge in [-0.15, -0.1) is 0 Å². The molecule has 0 fully saturated rings. The Balaban J connectivity index is 1.88. The van der Waals surface area contributed by atoms with Gasteiger partial charge in [0.05, 0.1) is 11.6 Å². The van der Waals surface area contributed by atoms with Gasteiger partial charge in [0, 0.05) is 36.1 Å². The summed E-state index contributed by atoms with van der Waals surface area (Å²) in [6, 6.07) is 4.28. The summed E-state index contributed by atoms with van der Waals surface area (Å²) < 4.78 is 18.0. The Labute approximate surface area is 161 Å². The van der Waals surface area contributed by atoms with Crippen molar-refractivity contribution >= 4 is 34.2 Å². The second-order valence-corrected chi connectivity index (χ2v) is 7.98. The van der Waals surface area contributed by atoms with E-state index in [-0.39, 0.29) is 11.6 Å². The van der Waals surface area contributed by atoms with E-state index in [9.17, 15) is 0 Å². The molecule has 130 valence electrons. The van der Waals surface area contributed by atoms with Gasteiger partial charge in [-0.05, 0) is 36.1 Å². The summed E-state index contributed by atoms with van der Waals surface area (Å²) in [4.78, 5) is 2.52. The Morgan fingerprint density at radius 2 is 2.17 bits per heavy atom. The maximum absolute atomic E-state index is 6.87. The molecular weight excluding hydrogens is 441 g/mol. The molecule has 1 aromatic rings. The lowest BCUT2D eigenvalue weighted by atomic mass is 9.73. The second-order valence-electron chi connectivity index (χ2n) is 6.50. The minimum Gasteiger partial charge on any atom is -0.454 e. The standard InChI is InChI=1S/C18H21ClINO3/c1-22-13-2-3-17(19)18(10-13)14-9-16-15(23-11-24-16)8-12(14)4-6-21(18)7-5-20/h3,8-9,13H,2,4-7,10-11H2,1H3/t13-,18-/m1/s1. The van der Waals surface area contributed by atoms with E-state index in [0.717, 1.165) is 53.3 Å². The molecule has 2 atom stereocenters. The number of hydrogen-bond donors (Lipinski definition) is 0. The van der Waals surface area contributed by atoms with Gasteiger partial charge < -0.3 is 14.2 Å². The van der Waals surface area contributed by atoms with Crippen LogP contribution in [0.5, 0.6) is 11.5 Å². The average Bonchev–Trinajstić information content (AvgIpc) is 3.05. The molecule has 0 bridgehead atoms. The van der Waals surface area contributed by atoms with Gasteiger partial charge in [0.15, 0.2) is 11.5 Å². The van der Waals surface area contributed by atoms with Gasteiger partial charge >= 0.3 is 0 Å². The van der Waals surface area contributed by atoms with E-state index in [1.54, 1.807) is 7.11 Å². The van der Waals surface area contributed by atoms with E-state index in [2.05, 4.69) is 45.7 Å². The minimum atomic E-state index is -0.305. The lowest BCUT2D eigenvalue weighted by Gasteiger charge is -2.51. The predicted octanol–water partition coefficient (Wildman–Crippen LogP) is 3.84. The van der Waals surface area contributed by atoms with Crippen LogP contribution in [0.4, 0.5) is 0 Å². The molecule has 4 rings (SSSR count). The van der Waals surface area contributed by atoms with E-state index in [4.69, 9.17) is 25.8 Å². The molecule has 1 aliphatic carbocycles. The van der Waals surface area contributed by atoms with Gasteiger partial charge in [0.1, 0.15) is 0 Å². The van der Waals surface area contributed by atoms with Gasteiger partial charge in [-0.2, -0.15) is 0 Å². The molecule has 1 aromatic carbocycles. The molecule has 0 saturated heterocycles. The largest absolute Gasteiger partial charge is 0.454 e. The van der Waals surface area contributed by atoms with Gasteiger partial charge in [-0.1, -0.05) is 40.3 Å². The molecule has 1 spiro atoms. The molecule has 3 aliphatic rings. The van der Waals surface area contributed by atoms with E-state index in [1.807, 2.05) is 0 Å². The Morgan fingerprint density at radius 1 is 1.38 bits per heavy atom. The summed E-state index contributed by atoms with van der Waals surface area (Å²) in [5, 5.41) is 0.917. The topological polar surface area (TPSA) is 30.9 Å². The van der Waals surface area contributed by atoms with Crippen molar-refractivity contribution in [1.29, 1.82) is 0 Å². The van der Waals surface area contributed by atoms with Crippen LogP contribution in [0.25, 0.3) is 0 Å². The van der Waals surface area contributed by atoms with Crippen molar-refractivity contribution in [2.45, 2.75) is 30.9 Å². The lowest BCUT2D eigenvalue weighted by molar-refractivity contribution is 0.0182. The van der Waals surface area contributed by atoms with Crippen LogP contribution < -0.4 is 9.47 Å². The normalized spacial score (nSPS) is 28.8. The number of halogens is 2. The van der Waals surface area contributed by atoms with Crippen LogP contribution in [-0.4, -0.2) is 42.4 Å². The van der Waals surface area contributed by atoms with Crippen molar-refractivity contribution < 1.29 is 14.2 Å². The van der Waals surface area contributed by atoms with Crippen LogP contribution in [0, 0.1) is 0 Å². The highest BCUT2D eigenvalue weighted by molar-refractivity contribution is 14.1. The van der Waals surface area contributed by atoms with Crippen LogP contribution >= 0.6 is 34.2 Å². The van der Waals surface area contributed by atoms with Crippen LogP contribution in [-0.2, 0) is 16.7 Å². The summed E-state index contributed by atoms with van der Waals surface area (Å²) >= 11 is 9.31. The van der Waals surface area contributed by atoms with Gasteiger partial charge in [0.2, 0.25) is 6.79 Å². The highest BCUT2D eigenvalue weighted by atomic mass is 127. The van der Waals surface area contributed by atoms with Gasteiger partial charge in [-0.3, -0.25) is 4.90 Å². The third-order valence-electron chi connectivity index (χ3n) is 5.40. The number of benzene rings is 1. The molecule has 0 saturated carbocycles. The second kappa shape index (κ2) is 6.67. The fourth-order valence-corrected chi connectivity index (χ4v) is 5.18. The molecule has 0 unspecified atom stereocenters. The van der Waals surface area contributed by atoms with Crippen molar-refractivity contribution in [2.75, 3.05) is 31.4 Å². The lowest BCUT2D eigenvalue weighted by Crippen LogP contribution is -2.54. The summed E-state index contributed by atoms with van der Waals surface area (Å²) in [7, 11) is 1.79. The maximum Gasteiger partial charge on any atom is 0.231 e. The van der Waals surface area contributed by atoms with Crippen molar-refractivity contribution in [3.63, 3.8) is 0 Å². The molecule has 0 amide bonds. The van der Waals surface area contributed by atoms with Crippen molar-refractivity contribution in [1.82, 2.24) is 4.90 Å². The number of alkyl halides is 1. The smallest absolute Gasteiger partial charge is 0.231 e. The first-order valence-electron chi connectivity index (χ1n) is 8.32. The molecule has 6 heteroatoms. The monoisotopic (exact) mass is 461 g/mol. The van der Waals surface area contributed by atoms with Crippen LogP contribution in [0.2, 0.25) is 0 Å². The minimum absolute atomic E-state index is 0.181. The third-order valence-corrected chi connectivity index (χ3v) is 6.35. The number of ether oxygens (including phenoxy) is 3. The van der Waals surface area contributed by atoms with E-state index < -0.39 is 0 Å². The van der Waals surface area contributed by atoms with E-state index >= 15 is 0 Å². The highest BCUT2D eigenvalue weighted by Gasteiger charge is 2.48. The first kappa shape index (κ1) is 16.9. The average molecular weight is 462 g/mol. The third kappa shape index (κ3) is 2.55. The number of rotatable bonds is 3. The summed E-state index contributed by atoms with van der Waals surface area (Å²) in [6.07, 6.45) is 5.07. The fraction of sp³-hybridized carbons (Fsp3) is 0.556. The Hall–Kier alpha value is -0.500. The fourth-order valence-electron chi connectivity index (χ4n) is 4.21. The molecule has 2 aliphatic heterocycles. The first-order valence-corrected chi connectivity index (χ1v) is 10.2. The van der Waals surface area contributed by atoms with E-state index in [0.29, 0.717) is 6.79 Å². The highest BCUT2D eigenvalue weighted by Crippen LogP contribution is 2.51. The van der Waals surface area contributed by atoms with Crippen LogP contribution in [0.3, 0.4) is 0 Å². The zero-order chi connectivity index (χ0) is 16.7. The van der Waals surface area contributed by atoms with Crippen molar-refractivity contribution in [2.24, 2.45) is 0 Å². The summed E-state index contributed by atoms with van der Waals surface area (Å²) in [5.74, 6) is 1.68. The van der Waals surface area contributed by atoms with Gasteiger partial charge in [0.25, 0.3) is 0 Å². The molecule has 4 nitrogen and oxygen atoms in total. The Bertz CT molecular complexity index is 680. The SMILES string of the molecule is CO[C@@H]1CC=C(Cl)[C@@]2(C1)c1cc3c(cc1CCN2CCI)OCO3. The predicted molar refractivity (Wildman–Crippen MR) is 102 cm³/mol. The number of hydrogen-bond acceptors (Lipinski definition) is 4. The molecular formula is C18H21ClINO3. The van der Waals surface area contributed by atoms with Crippen LogP contribution in [0.1, 0.15) is 24.0 Å². The summed E-state index contributed by atoms with van der Waals surface area (Å²) in [5.41, 5.74) is 2.26. The molecule has 0 radical (unpaired) electrons. The molecule has 0 N–H and O–H groups in total. The van der Waals surface area contributed by atoms with Crippen molar-refractivity contribution in [3.05, 3.63) is 34.4 Å².